The number of anilines is 2. The van der Waals surface area contributed by atoms with E-state index in [9.17, 15) is 4.79 Å². The van der Waals surface area contributed by atoms with Gasteiger partial charge in [-0.05, 0) is 50.1 Å². The lowest BCUT2D eigenvalue weighted by atomic mass is 10.1. The number of carbonyl (C=O) groups excluding carboxylic acids is 1. The summed E-state index contributed by atoms with van der Waals surface area (Å²) in [6.07, 6.45) is 0. The van der Waals surface area contributed by atoms with Gasteiger partial charge in [0, 0.05) is 17.8 Å². The lowest BCUT2D eigenvalue weighted by Gasteiger charge is -2.11. The van der Waals surface area contributed by atoms with E-state index in [2.05, 4.69) is 15.6 Å². The average Bonchev–Trinajstić information content (AvgIpc) is 2.43. The number of nitrogens with one attached hydrogen (secondary N) is 2. The van der Waals surface area contributed by atoms with Gasteiger partial charge in [0.25, 0.3) is 5.91 Å². The molecule has 110 valence electrons. The molecule has 2 rings (SSSR count). The van der Waals surface area contributed by atoms with Crippen molar-refractivity contribution in [2.24, 2.45) is 0 Å². The molecule has 0 aliphatic rings. The van der Waals surface area contributed by atoms with Crippen molar-refractivity contribution in [1.82, 2.24) is 4.98 Å². The molecule has 21 heavy (non-hydrogen) atoms. The van der Waals surface area contributed by atoms with Gasteiger partial charge in [-0.15, -0.1) is 0 Å². The Morgan fingerprint density at radius 1 is 1.29 bits per heavy atom. The van der Waals surface area contributed by atoms with E-state index in [0.29, 0.717) is 23.1 Å². The van der Waals surface area contributed by atoms with Gasteiger partial charge in [0.05, 0.1) is 0 Å². The molecule has 1 amide bonds. The summed E-state index contributed by atoms with van der Waals surface area (Å²) >= 11 is 5.96. The van der Waals surface area contributed by atoms with Gasteiger partial charge in [0.1, 0.15) is 11.0 Å². The van der Waals surface area contributed by atoms with E-state index < -0.39 is 0 Å². The molecule has 0 saturated carbocycles. The quantitative estimate of drug-likeness (QED) is 0.838. The molecule has 0 unspecified atom stereocenters. The highest BCUT2D eigenvalue weighted by Gasteiger charge is 2.11. The first-order valence-electron chi connectivity index (χ1n) is 6.80. The van der Waals surface area contributed by atoms with Crippen LogP contribution in [0.15, 0.2) is 30.3 Å². The summed E-state index contributed by atoms with van der Waals surface area (Å²) < 4.78 is 0. The fraction of sp³-hybridized carbons (Fsp3) is 0.250. The zero-order valence-electron chi connectivity index (χ0n) is 12.3. The second-order valence-electron chi connectivity index (χ2n) is 4.80. The monoisotopic (exact) mass is 303 g/mol. The maximum Gasteiger partial charge on any atom is 0.255 e. The molecule has 0 bridgehead atoms. The van der Waals surface area contributed by atoms with Crippen molar-refractivity contribution < 1.29 is 4.79 Å². The van der Waals surface area contributed by atoms with Gasteiger partial charge in [-0.2, -0.15) is 0 Å². The molecular weight excluding hydrogens is 286 g/mol. The fourth-order valence-electron chi connectivity index (χ4n) is 1.98. The van der Waals surface area contributed by atoms with Crippen molar-refractivity contribution >= 4 is 29.0 Å². The Labute approximate surface area is 129 Å². The first kappa shape index (κ1) is 15.3. The van der Waals surface area contributed by atoms with Crippen LogP contribution < -0.4 is 10.6 Å². The fourth-order valence-corrected chi connectivity index (χ4v) is 2.19. The van der Waals surface area contributed by atoms with Gasteiger partial charge in [-0.1, -0.05) is 23.7 Å². The first-order valence-corrected chi connectivity index (χ1v) is 7.18. The predicted octanol–water partition coefficient (Wildman–Crippen LogP) is 4.04. The van der Waals surface area contributed by atoms with Crippen LogP contribution in [0.25, 0.3) is 0 Å². The van der Waals surface area contributed by atoms with Crippen LogP contribution >= 0.6 is 11.6 Å². The van der Waals surface area contributed by atoms with Crippen LogP contribution in [-0.2, 0) is 0 Å². The number of hydrogen-bond donors (Lipinski definition) is 2. The van der Waals surface area contributed by atoms with Gasteiger partial charge in [0.2, 0.25) is 0 Å². The molecule has 0 spiro atoms. The molecule has 4 nitrogen and oxygen atoms in total. The Hall–Kier alpha value is -2.07. The summed E-state index contributed by atoms with van der Waals surface area (Å²) in [6, 6.07) is 9.06. The number of aromatic nitrogens is 1. The van der Waals surface area contributed by atoms with Crippen LogP contribution in [-0.4, -0.2) is 17.4 Å². The second-order valence-corrected chi connectivity index (χ2v) is 5.18. The van der Waals surface area contributed by atoms with E-state index in [1.807, 2.05) is 39.0 Å². The zero-order valence-corrected chi connectivity index (χ0v) is 13.1. The number of pyridine rings is 1. The first-order chi connectivity index (χ1) is 10.0. The third-order valence-electron chi connectivity index (χ3n) is 3.27. The number of carbonyl (C=O) groups is 1. The SMILES string of the molecule is CCNc1cc(C(=O)Nc2cccc(C)c2C)cc(Cl)n1. The number of aryl methyl sites for hydroxylation is 1. The molecular formula is C16H18ClN3O. The highest BCUT2D eigenvalue weighted by atomic mass is 35.5. The molecule has 0 aliphatic carbocycles. The Kier molecular flexibility index (Phi) is 4.81. The van der Waals surface area contributed by atoms with Crippen molar-refractivity contribution in [2.75, 3.05) is 17.2 Å². The predicted molar refractivity (Wildman–Crippen MR) is 87.3 cm³/mol. The van der Waals surface area contributed by atoms with Crippen LogP contribution in [0.1, 0.15) is 28.4 Å². The molecule has 1 aromatic carbocycles. The van der Waals surface area contributed by atoms with Gasteiger partial charge in [0.15, 0.2) is 0 Å². The van der Waals surface area contributed by atoms with Crippen LogP contribution in [0.2, 0.25) is 5.15 Å². The van der Waals surface area contributed by atoms with Crippen LogP contribution in [0, 0.1) is 13.8 Å². The van der Waals surface area contributed by atoms with E-state index in [1.165, 1.54) is 0 Å². The maximum atomic E-state index is 12.4. The van der Waals surface area contributed by atoms with Crippen LogP contribution in [0.4, 0.5) is 11.5 Å². The van der Waals surface area contributed by atoms with E-state index in [4.69, 9.17) is 11.6 Å². The Morgan fingerprint density at radius 3 is 2.76 bits per heavy atom. The minimum Gasteiger partial charge on any atom is -0.370 e. The normalized spacial score (nSPS) is 10.3. The van der Waals surface area contributed by atoms with Crippen molar-refractivity contribution in [3.63, 3.8) is 0 Å². The maximum absolute atomic E-state index is 12.4. The molecule has 0 saturated heterocycles. The van der Waals surface area contributed by atoms with E-state index in [0.717, 1.165) is 16.8 Å². The molecule has 0 fully saturated rings. The summed E-state index contributed by atoms with van der Waals surface area (Å²) in [4.78, 5) is 16.5. The molecule has 2 N–H and O–H groups in total. The molecule has 1 aromatic heterocycles. The van der Waals surface area contributed by atoms with Crippen molar-refractivity contribution in [1.29, 1.82) is 0 Å². The number of amides is 1. The highest BCUT2D eigenvalue weighted by Crippen LogP contribution is 2.20. The number of halogens is 1. The Balaban J connectivity index is 2.26. The lowest BCUT2D eigenvalue weighted by Crippen LogP contribution is -2.14. The topological polar surface area (TPSA) is 54.0 Å². The van der Waals surface area contributed by atoms with Gasteiger partial charge >= 0.3 is 0 Å². The standard InChI is InChI=1S/C16H18ClN3O/c1-4-18-15-9-12(8-14(17)20-15)16(21)19-13-7-5-6-10(2)11(13)3/h5-9H,4H2,1-3H3,(H,18,20)(H,19,21). The van der Waals surface area contributed by atoms with E-state index >= 15 is 0 Å². The zero-order chi connectivity index (χ0) is 15.4. The number of nitrogens with zero attached hydrogens (tertiary/aromatic N) is 1. The summed E-state index contributed by atoms with van der Waals surface area (Å²) in [5.41, 5.74) is 3.47. The highest BCUT2D eigenvalue weighted by molar-refractivity contribution is 6.30. The summed E-state index contributed by atoms with van der Waals surface area (Å²) in [5, 5.41) is 6.25. The average molecular weight is 304 g/mol. The largest absolute Gasteiger partial charge is 0.370 e. The lowest BCUT2D eigenvalue weighted by molar-refractivity contribution is 0.102. The van der Waals surface area contributed by atoms with Crippen LogP contribution in [0.5, 0.6) is 0 Å². The molecule has 0 atom stereocenters. The molecule has 0 aliphatic heterocycles. The van der Waals surface area contributed by atoms with Gasteiger partial charge in [-0.3, -0.25) is 4.79 Å². The third kappa shape index (κ3) is 3.73. The van der Waals surface area contributed by atoms with Crippen molar-refractivity contribution in [2.45, 2.75) is 20.8 Å². The molecule has 0 radical (unpaired) electrons. The summed E-state index contributed by atoms with van der Waals surface area (Å²) in [7, 11) is 0. The third-order valence-corrected chi connectivity index (χ3v) is 3.46. The van der Waals surface area contributed by atoms with Crippen molar-refractivity contribution in [3.05, 3.63) is 52.2 Å². The van der Waals surface area contributed by atoms with Gasteiger partial charge < -0.3 is 10.6 Å². The molecule has 5 heteroatoms. The van der Waals surface area contributed by atoms with Crippen LogP contribution in [0.3, 0.4) is 0 Å². The minimum atomic E-state index is -0.202. The minimum absolute atomic E-state index is 0.202. The smallest absolute Gasteiger partial charge is 0.255 e. The van der Waals surface area contributed by atoms with Gasteiger partial charge in [-0.25, -0.2) is 4.98 Å². The Morgan fingerprint density at radius 2 is 2.05 bits per heavy atom. The summed E-state index contributed by atoms with van der Waals surface area (Å²) in [5.74, 6) is 0.392. The number of rotatable bonds is 4. The van der Waals surface area contributed by atoms with E-state index in [-0.39, 0.29) is 5.91 Å². The van der Waals surface area contributed by atoms with E-state index in [1.54, 1.807) is 12.1 Å². The van der Waals surface area contributed by atoms with Crippen molar-refractivity contribution in [3.8, 4) is 0 Å². The molecule has 1 heterocycles. The summed E-state index contributed by atoms with van der Waals surface area (Å²) in [6.45, 7) is 6.66. The molecule has 2 aromatic rings. The second kappa shape index (κ2) is 6.59. The number of benzene rings is 1. The Bertz CT molecular complexity index is 671. The number of hydrogen-bond acceptors (Lipinski definition) is 3.